The second kappa shape index (κ2) is 6.10. The molecule has 0 saturated heterocycles. The van der Waals surface area contributed by atoms with Crippen LogP contribution in [0.5, 0.6) is 0 Å². The van der Waals surface area contributed by atoms with Crippen LogP contribution in [0.1, 0.15) is 23.1 Å². The number of hydrogen-bond acceptors (Lipinski definition) is 2. The van der Waals surface area contributed by atoms with Crippen LogP contribution in [-0.4, -0.2) is 15.5 Å². The lowest BCUT2D eigenvalue weighted by atomic mass is 10.1. The van der Waals surface area contributed by atoms with Gasteiger partial charge in [-0.15, -0.1) is 11.8 Å². The fourth-order valence-electron chi connectivity index (χ4n) is 1.87. The normalized spacial score (nSPS) is 10.8. The average molecular weight is 260 g/mol. The van der Waals surface area contributed by atoms with E-state index in [1.165, 1.54) is 28.0 Å². The molecule has 0 amide bonds. The topological polar surface area (TPSA) is 17.8 Å². The third kappa shape index (κ3) is 3.64. The summed E-state index contributed by atoms with van der Waals surface area (Å²) in [5.74, 6) is 1.16. The fourth-order valence-corrected chi connectivity index (χ4v) is 2.82. The number of hydrogen-bond donors (Lipinski definition) is 0. The van der Waals surface area contributed by atoms with Crippen LogP contribution in [0.25, 0.3) is 0 Å². The van der Waals surface area contributed by atoms with Crippen LogP contribution < -0.4 is 0 Å². The van der Waals surface area contributed by atoms with E-state index in [1.54, 1.807) is 0 Å². The summed E-state index contributed by atoms with van der Waals surface area (Å²) in [6, 6.07) is 6.71. The quantitative estimate of drug-likeness (QED) is 0.602. The Bertz CT molecular complexity index is 517. The van der Waals surface area contributed by atoms with Gasteiger partial charge in [-0.3, -0.25) is 4.68 Å². The molecule has 0 radical (unpaired) electrons. The van der Waals surface area contributed by atoms with Crippen molar-refractivity contribution in [2.75, 3.05) is 5.75 Å². The van der Waals surface area contributed by atoms with Gasteiger partial charge in [0.05, 0.1) is 6.20 Å². The molecule has 3 heteroatoms. The van der Waals surface area contributed by atoms with E-state index in [4.69, 9.17) is 0 Å². The zero-order chi connectivity index (χ0) is 13.0. The SMILES string of the molecule is Cc1ccc(SCCCc2cnn(C)c2)cc1C. The first-order valence-electron chi connectivity index (χ1n) is 6.33. The van der Waals surface area contributed by atoms with Crippen LogP contribution in [0.4, 0.5) is 0 Å². The predicted octanol–water partition coefficient (Wildman–Crippen LogP) is 3.76. The summed E-state index contributed by atoms with van der Waals surface area (Å²) in [5, 5.41) is 4.18. The molecule has 1 heterocycles. The minimum atomic E-state index is 1.12. The van der Waals surface area contributed by atoms with E-state index in [0.717, 1.165) is 12.2 Å². The van der Waals surface area contributed by atoms with Gasteiger partial charge in [0.2, 0.25) is 0 Å². The molecule has 2 nitrogen and oxygen atoms in total. The molecule has 0 spiro atoms. The summed E-state index contributed by atoms with van der Waals surface area (Å²) < 4.78 is 1.87. The highest BCUT2D eigenvalue weighted by molar-refractivity contribution is 7.99. The summed E-state index contributed by atoms with van der Waals surface area (Å²) in [7, 11) is 1.97. The second-order valence-corrected chi connectivity index (χ2v) is 5.89. The monoisotopic (exact) mass is 260 g/mol. The minimum absolute atomic E-state index is 1.12. The molecule has 0 atom stereocenters. The van der Waals surface area contributed by atoms with Gasteiger partial charge in [-0.2, -0.15) is 5.10 Å². The lowest BCUT2D eigenvalue weighted by Gasteiger charge is -2.04. The first-order chi connectivity index (χ1) is 8.65. The van der Waals surface area contributed by atoms with E-state index >= 15 is 0 Å². The van der Waals surface area contributed by atoms with E-state index in [2.05, 4.69) is 43.3 Å². The molecule has 0 unspecified atom stereocenters. The molecule has 1 aromatic heterocycles. The smallest absolute Gasteiger partial charge is 0.0521 e. The molecule has 0 aliphatic heterocycles. The van der Waals surface area contributed by atoms with Crippen molar-refractivity contribution in [1.82, 2.24) is 9.78 Å². The van der Waals surface area contributed by atoms with Crippen LogP contribution in [-0.2, 0) is 13.5 Å². The Labute approximate surface area is 113 Å². The van der Waals surface area contributed by atoms with Crippen molar-refractivity contribution in [1.29, 1.82) is 0 Å². The van der Waals surface area contributed by atoms with Crippen LogP contribution in [0.15, 0.2) is 35.5 Å². The van der Waals surface area contributed by atoms with Crippen molar-refractivity contribution in [3.8, 4) is 0 Å². The second-order valence-electron chi connectivity index (χ2n) is 4.72. The Morgan fingerprint density at radius 2 is 2.06 bits per heavy atom. The van der Waals surface area contributed by atoms with E-state index in [1.807, 2.05) is 29.7 Å². The third-order valence-corrected chi connectivity index (χ3v) is 4.20. The maximum Gasteiger partial charge on any atom is 0.0521 e. The van der Waals surface area contributed by atoms with Crippen molar-refractivity contribution in [2.45, 2.75) is 31.6 Å². The highest BCUT2D eigenvalue weighted by Crippen LogP contribution is 2.22. The summed E-state index contributed by atoms with van der Waals surface area (Å²) in [4.78, 5) is 1.38. The minimum Gasteiger partial charge on any atom is -0.276 e. The maximum atomic E-state index is 4.18. The zero-order valence-corrected chi connectivity index (χ0v) is 12.1. The maximum absolute atomic E-state index is 4.18. The molecule has 1 aromatic carbocycles. The van der Waals surface area contributed by atoms with Crippen molar-refractivity contribution in [2.24, 2.45) is 7.05 Å². The van der Waals surface area contributed by atoms with Gasteiger partial charge in [0.25, 0.3) is 0 Å². The molecule has 0 fully saturated rings. The first-order valence-corrected chi connectivity index (χ1v) is 7.31. The molecule has 0 aliphatic rings. The number of thioether (sulfide) groups is 1. The Kier molecular flexibility index (Phi) is 4.48. The molecule has 0 bridgehead atoms. The zero-order valence-electron chi connectivity index (χ0n) is 11.3. The molecule has 2 aromatic rings. The van der Waals surface area contributed by atoms with Crippen molar-refractivity contribution < 1.29 is 0 Å². The van der Waals surface area contributed by atoms with Crippen LogP contribution in [0, 0.1) is 13.8 Å². The average Bonchev–Trinajstić information content (AvgIpc) is 2.75. The Morgan fingerprint density at radius 3 is 2.72 bits per heavy atom. The fraction of sp³-hybridized carbons (Fsp3) is 0.400. The molecule has 18 heavy (non-hydrogen) atoms. The van der Waals surface area contributed by atoms with Gasteiger partial charge >= 0.3 is 0 Å². The summed E-state index contributed by atoms with van der Waals surface area (Å²) in [5.41, 5.74) is 4.08. The Balaban J connectivity index is 1.76. The van der Waals surface area contributed by atoms with E-state index in [9.17, 15) is 0 Å². The number of benzene rings is 1. The first kappa shape index (κ1) is 13.2. The van der Waals surface area contributed by atoms with Gasteiger partial charge in [0.1, 0.15) is 0 Å². The van der Waals surface area contributed by atoms with Crippen LogP contribution >= 0.6 is 11.8 Å². The van der Waals surface area contributed by atoms with Gasteiger partial charge in [0.15, 0.2) is 0 Å². The third-order valence-electron chi connectivity index (χ3n) is 3.12. The van der Waals surface area contributed by atoms with E-state index in [0.29, 0.717) is 0 Å². The number of aryl methyl sites for hydroxylation is 4. The molecule has 0 saturated carbocycles. The number of aromatic nitrogens is 2. The summed E-state index contributed by atoms with van der Waals surface area (Å²) >= 11 is 1.94. The van der Waals surface area contributed by atoms with Gasteiger partial charge in [-0.1, -0.05) is 6.07 Å². The molecule has 2 rings (SSSR count). The van der Waals surface area contributed by atoms with Crippen molar-refractivity contribution >= 4 is 11.8 Å². The molecule has 96 valence electrons. The Morgan fingerprint density at radius 1 is 1.22 bits per heavy atom. The van der Waals surface area contributed by atoms with Gasteiger partial charge in [0, 0.05) is 18.1 Å². The highest BCUT2D eigenvalue weighted by Gasteiger charge is 1.99. The lowest BCUT2D eigenvalue weighted by Crippen LogP contribution is -1.88. The van der Waals surface area contributed by atoms with E-state index in [-0.39, 0.29) is 0 Å². The lowest BCUT2D eigenvalue weighted by molar-refractivity contribution is 0.766. The number of nitrogens with zero attached hydrogens (tertiary/aromatic N) is 2. The summed E-state index contributed by atoms with van der Waals surface area (Å²) in [6.45, 7) is 4.33. The molecular formula is C15H20N2S. The summed E-state index contributed by atoms with van der Waals surface area (Å²) in [6.07, 6.45) is 6.37. The highest BCUT2D eigenvalue weighted by atomic mass is 32.2. The van der Waals surface area contributed by atoms with Gasteiger partial charge < -0.3 is 0 Å². The molecule has 0 N–H and O–H groups in total. The Hall–Kier alpha value is -1.22. The molecular weight excluding hydrogens is 240 g/mol. The van der Waals surface area contributed by atoms with Crippen molar-refractivity contribution in [3.63, 3.8) is 0 Å². The predicted molar refractivity (Wildman–Crippen MR) is 78.2 cm³/mol. The van der Waals surface area contributed by atoms with Crippen LogP contribution in [0.2, 0.25) is 0 Å². The van der Waals surface area contributed by atoms with Crippen LogP contribution in [0.3, 0.4) is 0 Å². The largest absolute Gasteiger partial charge is 0.276 e. The standard InChI is InChI=1S/C15H20N2S/c1-12-6-7-15(9-13(12)2)18-8-4-5-14-10-16-17(3)11-14/h6-7,9-11H,4-5,8H2,1-3H3. The molecule has 0 aliphatic carbocycles. The van der Waals surface area contributed by atoms with Crippen molar-refractivity contribution in [3.05, 3.63) is 47.3 Å². The van der Waals surface area contributed by atoms with E-state index < -0.39 is 0 Å². The van der Waals surface area contributed by atoms with Gasteiger partial charge in [-0.25, -0.2) is 0 Å². The van der Waals surface area contributed by atoms with Gasteiger partial charge in [-0.05, 0) is 61.3 Å². The number of rotatable bonds is 5.